The van der Waals surface area contributed by atoms with Gasteiger partial charge in [-0.05, 0) is 46.5 Å². The van der Waals surface area contributed by atoms with Crippen molar-refractivity contribution in [2.45, 2.75) is 18.0 Å². The molecule has 0 aliphatic rings. The molecule has 9 nitrogen and oxygen atoms in total. The second kappa shape index (κ2) is 9.39. The van der Waals surface area contributed by atoms with Gasteiger partial charge in [-0.2, -0.15) is 20.4 Å². The average Bonchev–Trinajstić information content (AvgIpc) is 3.47. The van der Waals surface area contributed by atoms with Crippen LogP contribution in [0, 0.1) is 0 Å². The van der Waals surface area contributed by atoms with Crippen LogP contribution in [0.3, 0.4) is 0 Å². The third-order valence-corrected chi connectivity index (χ3v) is 7.11. The van der Waals surface area contributed by atoms with Crippen LogP contribution < -0.4 is 5.32 Å². The molecule has 0 unspecified atom stereocenters. The van der Waals surface area contributed by atoms with Crippen LogP contribution in [0.15, 0.2) is 76.3 Å². The number of tetrazole rings is 1. The minimum Gasteiger partial charge on any atom is -0.324 e. The maximum atomic E-state index is 12.8. The molecule has 0 saturated heterocycles. The molecule has 1 amide bonds. The zero-order chi connectivity index (χ0) is 22.6. The largest absolute Gasteiger partial charge is 0.324 e. The number of anilines is 1. The highest BCUT2D eigenvalue weighted by Gasteiger charge is 2.21. The predicted molar refractivity (Wildman–Crippen MR) is 121 cm³/mol. The highest BCUT2D eigenvalue weighted by molar-refractivity contribution is 7.89. The first-order valence-electron chi connectivity index (χ1n) is 9.62. The van der Waals surface area contributed by atoms with Crippen LogP contribution in [-0.4, -0.2) is 45.9 Å². The first kappa shape index (κ1) is 21.8. The lowest BCUT2D eigenvalue weighted by molar-refractivity contribution is -0.117. The van der Waals surface area contributed by atoms with Crippen molar-refractivity contribution in [3.63, 3.8) is 0 Å². The Morgan fingerprint density at radius 2 is 1.84 bits per heavy atom. The highest BCUT2D eigenvalue weighted by atomic mass is 32.2. The van der Waals surface area contributed by atoms with Crippen molar-refractivity contribution in [2.75, 3.05) is 12.4 Å². The van der Waals surface area contributed by atoms with Crippen LogP contribution in [0.5, 0.6) is 0 Å². The summed E-state index contributed by atoms with van der Waals surface area (Å²) in [5.41, 5.74) is 2.21. The van der Waals surface area contributed by atoms with Crippen molar-refractivity contribution < 1.29 is 13.2 Å². The van der Waals surface area contributed by atoms with E-state index in [9.17, 15) is 13.2 Å². The number of hydrogen-bond donors (Lipinski definition) is 1. The van der Waals surface area contributed by atoms with Crippen molar-refractivity contribution in [3.05, 3.63) is 77.0 Å². The molecule has 0 fully saturated rings. The van der Waals surface area contributed by atoms with Gasteiger partial charge in [0, 0.05) is 30.2 Å². The summed E-state index contributed by atoms with van der Waals surface area (Å²) >= 11 is 1.52. The topological polar surface area (TPSA) is 110 Å². The van der Waals surface area contributed by atoms with Crippen molar-refractivity contribution in [1.29, 1.82) is 0 Å². The quantitative estimate of drug-likeness (QED) is 0.426. The van der Waals surface area contributed by atoms with E-state index in [1.54, 1.807) is 12.1 Å². The Labute approximate surface area is 189 Å². The van der Waals surface area contributed by atoms with Crippen molar-refractivity contribution in [1.82, 2.24) is 24.5 Å². The molecule has 2 heterocycles. The Hall–Kier alpha value is -3.41. The normalized spacial score (nSPS) is 11.6. The first-order chi connectivity index (χ1) is 15.4. The van der Waals surface area contributed by atoms with Gasteiger partial charge in [0.1, 0.15) is 6.54 Å². The molecule has 0 atom stereocenters. The minimum atomic E-state index is -3.66. The molecule has 0 spiro atoms. The molecular formula is C21H20N6O3S2. The molecule has 164 valence electrons. The van der Waals surface area contributed by atoms with Crippen molar-refractivity contribution in [2.24, 2.45) is 0 Å². The lowest BCUT2D eigenvalue weighted by atomic mass is 10.2. The average molecular weight is 469 g/mol. The third kappa shape index (κ3) is 5.07. The number of rotatable bonds is 8. The van der Waals surface area contributed by atoms with E-state index < -0.39 is 10.0 Å². The Bertz CT molecular complexity index is 1290. The number of thiophene rings is 1. The summed E-state index contributed by atoms with van der Waals surface area (Å²) in [7, 11) is -2.13. The van der Waals surface area contributed by atoms with E-state index in [-0.39, 0.29) is 23.9 Å². The Morgan fingerprint density at radius 1 is 1.09 bits per heavy atom. The SMILES string of the molecule is CN(Cc1ccccc1)S(=O)(=O)c1ccc(NC(=O)Cn2nnc(-c3ccsc3)n2)cc1. The maximum Gasteiger partial charge on any atom is 0.248 e. The Balaban J connectivity index is 1.37. The summed E-state index contributed by atoms with van der Waals surface area (Å²) in [5.74, 6) is 0.101. The van der Waals surface area contributed by atoms with Gasteiger partial charge in [-0.3, -0.25) is 4.79 Å². The molecule has 1 N–H and O–H groups in total. The van der Waals surface area contributed by atoms with Gasteiger partial charge in [-0.25, -0.2) is 8.42 Å². The van der Waals surface area contributed by atoms with Crippen LogP contribution in [0.1, 0.15) is 5.56 Å². The van der Waals surface area contributed by atoms with Crippen LogP contribution in [0.25, 0.3) is 11.4 Å². The van der Waals surface area contributed by atoms with E-state index in [1.165, 1.54) is 39.6 Å². The second-order valence-electron chi connectivity index (χ2n) is 6.97. The van der Waals surface area contributed by atoms with Crippen LogP contribution in [0.2, 0.25) is 0 Å². The molecule has 0 bridgehead atoms. The molecule has 0 saturated carbocycles. The summed E-state index contributed by atoms with van der Waals surface area (Å²) in [6.07, 6.45) is 0. The van der Waals surface area contributed by atoms with E-state index in [1.807, 2.05) is 47.2 Å². The predicted octanol–water partition coefficient (Wildman–Crippen LogP) is 2.86. The summed E-state index contributed by atoms with van der Waals surface area (Å²) in [5, 5.41) is 18.5. The van der Waals surface area contributed by atoms with E-state index >= 15 is 0 Å². The fourth-order valence-electron chi connectivity index (χ4n) is 2.96. The third-order valence-electron chi connectivity index (χ3n) is 4.61. The molecular weight excluding hydrogens is 448 g/mol. The van der Waals surface area contributed by atoms with Gasteiger partial charge in [0.2, 0.25) is 21.8 Å². The van der Waals surface area contributed by atoms with Gasteiger partial charge in [0.05, 0.1) is 4.90 Å². The number of carbonyl (C=O) groups is 1. The van der Waals surface area contributed by atoms with Crippen LogP contribution >= 0.6 is 11.3 Å². The Kier molecular flexibility index (Phi) is 6.40. The van der Waals surface area contributed by atoms with Gasteiger partial charge >= 0.3 is 0 Å². The number of hydrogen-bond acceptors (Lipinski definition) is 7. The smallest absolute Gasteiger partial charge is 0.248 e. The minimum absolute atomic E-state index is 0.114. The van der Waals surface area contributed by atoms with Gasteiger partial charge in [0.25, 0.3) is 0 Å². The van der Waals surface area contributed by atoms with E-state index in [2.05, 4.69) is 20.7 Å². The summed E-state index contributed by atoms with van der Waals surface area (Å²) in [6.45, 7) is 0.150. The number of nitrogens with zero attached hydrogens (tertiary/aromatic N) is 5. The number of aromatic nitrogens is 4. The first-order valence-corrected chi connectivity index (χ1v) is 12.0. The van der Waals surface area contributed by atoms with Gasteiger partial charge in [0.15, 0.2) is 0 Å². The lowest BCUT2D eigenvalue weighted by Crippen LogP contribution is -2.26. The molecule has 2 aromatic heterocycles. The molecule has 2 aromatic carbocycles. The maximum absolute atomic E-state index is 12.8. The number of nitrogens with one attached hydrogen (secondary N) is 1. The Morgan fingerprint density at radius 3 is 2.53 bits per heavy atom. The van der Waals surface area contributed by atoms with E-state index in [0.29, 0.717) is 11.5 Å². The number of carbonyl (C=O) groups excluding carboxylic acids is 1. The molecule has 0 aliphatic heterocycles. The summed E-state index contributed by atoms with van der Waals surface area (Å²) in [6, 6.07) is 17.3. The van der Waals surface area contributed by atoms with E-state index in [0.717, 1.165) is 11.1 Å². The van der Waals surface area contributed by atoms with Gasteiger partial charge in [-0.1, -0.05) is 30.3 Å². The lowest BCUT2D eigenvalue weighted by Gasteiger charge is -2.17. The number of benzene rings is 2. The van der Waals surface area contributed by atoms with E-state index in [4.69, 9.17) is 0 Å². The molecule has 0 aliphatic carbocycles. The summed E-state index contributed by atoms with van der Waals surface area (Å²) in [4.78, 5) is 13.7. The number of sulfonamides is 1. The zero-order valence-electron chi connectivity index (χ0n) is 17.1. The van der Waals surface area contributed by atoms with Gasteiger partial charge in [-0.15, -0.1) is 10.2 Å². The number of amides is 1. The highest BCUT2D eigenvalue weighted by Crippen LogP contribution is 2.20. The summed E-state index contributed by atoms with van der Waals surface area (Å²) < 4.78 is 26.9. The molecule has 11 heteroatoms. The molecule has 4 aromatic rings. The van der Waals surface area contributed by atoms with Crippen LogP contribution in [-0.2, 0) is 27.9 Å². The van der Waals surface area contributed by atoms with Crippen molar-refractivity contribution >= 4 is 33.0 Å². The fraction of sp³-hybridized carbons (Fsp3) is 0.143. The van der Waals surface area contributed by atoms with Crippen molar-refractivity contribution in [3.8, 4) is 11.4 Å². The fourth-order valence-corrected chi connectivity index (χ4v) is 4.76. The second-order valence-corrected chi connectivity index (χ2v) is 9.80. The van der Waals surface area contributed by atoms with Crippen LogP contribution in [0.4, 0.5) is 5.69 Å². The van der Waals surface area contributed by atoms with Gasteiger partial charge < -0.3 is 5.32 Å². The molecule has 32 heavy (non-hydrogen) atoms. The standard InChI is InChI=1S/C21H20N6O3S2/c1-26(13-16-5-3-2-4-6-16)32(29,30)19-9-7-18(8-10-19)22-20(28)14-27-24-21(23-25-27)17-11-12-31-15-17/h2-12,15H,13-14H2,1H3,(H,22,28). The molecule has 0 radical (unpaired) electrons. The molecule has 4 rings (SSSR count). The zero-order valence-corrected chi connectivity index (χ0v) is 18.8. The monoisotopic (exact) mass is 468 g/mol.